The van der Waals surface area contributed by atoms with Crippen molar-refractivity contribution in [2.75, 3.05) is 0 Å². The molecule has 1 aromatic heterocycles. The van der Waals surface area contributed by atoms with E-state index >= 15 is 0 Å². The van der Waals surface area contributed by atoms with Crippen LogP contribution in [0.4, 0.5) is 0 Å². The minimum absolute atomic E-state index is 0.514. The lowest BCUT2D eigenvalue weighted by Crippen LogP contribution is -2.07. The molecule has 1 rings (SSSR count). The second-order valence-electron chi connectivity index (χ2n) is 4.01. The normalized spacial score (nSPS) is 13.4. The highest BCUT2D eigenvalue weighted by Gasteiger charge is 2.12. The molecule has 0 saturated heterocycles. The Morgan fingerprint density at radius 3 is 2.15 bits per heavy atom. The summed E-state index contributed by atoms with van der Waals surface area (Å²) in [5.41, 5.74) is 2.23. The quantitative estimate of drug-likeness (QED) is 0.696. The zero-order valence-electron chi connectivity index (χ0n) is 9.13. The first-order valence-corrected chi connectivity index (χ1v) is 4.83. The van der Waals surface area contributed by atoms with E-state index in [4.69, 9.17) is 0 Å². The standard InChI is InChI=1S/C11H18N2/c1-7(2)9(4)11-6-8(3)12-10(5)13-11/h6-7,9H,1-5H3/t9-/m1/s1. The molecular formula is C11H18N2. The molecule has 0 fully saturated rings. The summed E-state index contributed by atoms with van der Waals surface area (Å²) in [6.07, 6.45) is 0. The molecule has 1 heterocycles. The predicted octanol–water partition coefficient (Wildman–Crippen LogP) is 2.85. The molecule has 2 heteroatoms. The van der Waals surface area contributed by atoms with Crippen LogP contribution in [0.1, 0.15) is 43.9 Å². The van der Waals surface area contributed by atoms with Crippen LogP contribution in [0.15, 0.2) is 6.07 Å². The van der Waals surface area contributed by atoms with E-state index < -0.39 is 0 Å². The van der Waals surface area contributed by atoms with Crippen molar-refractivity contribution in [1.82, 2.24) is 9.97 Å². The molecule has 0 unspecified atom stereocenters. The van der Waals surface area contributed by atoms with Gasteiger partial charge in [0.15, 0.2) is 0 Å². The zero-order chi connectivity index (χ0) is 10.0. The van der Waals surface area contributed by atoms with Crippen molar-refractivity contribution < 1.29 is 0 Å². The smallest absolute Gasteiger partial charge is 0.125 e. The topological polar surface area (TPSA) is 25.8 Å². The Bertz CT molecular complexity index is 272. The summed E-state index contributed by atoms with van der Waals surface area (Å²) in [7, 11) is 0. The van der Waals surface area contributed by atoms with Crippen LogP contribution < -0.4 is 0 Å². The Balaban J connectivity index is 3.01. The van der Waals surface area contributed by atoms with Gasteiger partial charge in [-0.05, 0) is 25.8 Å². The Morgan fingerprint density at radius 1 is 1.08 bits per heavy atom. The van der Waals surface area contributed by atoms with Gasteiger partial charge in [-0.25, -0.2) is 9.97 Å². The van der Waals surface area contributed by atoms with E-state index in [9.17, 15) is 0 Å². The maximum Gasteiger partial charge on any atom is 0.125 e. The fourth-order valence-electron chi connectivity index (χ4n) is 1.32. The number of hydrogen-bond acceptors (Lipinski definition) is 2. The van der Waals surface area contributed by atoms with E-state index in [1.165, 1.54) is 5.69 Å². The first-order valence-electron chi connectivity index (χ1n) is 4.83. The molecule has 0 aliphatic rings. The minimum atomic E-state index is 0.514. The van der Waals surface area contributed by atoms with E-state index in [-0.39, 0.29) is 0 Å². The van der Waals surface area contributed by atoms with Crippen LogP contribution >= 0.6 is 0 Å². The van der Waals surface area contributed by atoms with E-state index in [0.717, 1.165) is 11.5 Å². The number of rotatable bonds is 2. The van der Waals surface area contributed by atoms with E-state index in [1.807, 2.05) is 13.8 Å². The van der Waals surface area contributed by atoms with Gasteiger partial charge in [0.05, 0.1) is 0 Å². The number of aromatic nitrogens is 2. The van der Waals surface area contributed by atoms with Crippen LogP contribution in [0.5, 0.6) is 0 Å². The third-order valence-electron chi connectivity index (χ3n) is 2.45. The molecule has 0 aliphatic carbocycles. The van der Waals surface area contributed by atoms with Gasteiger partial charge >= 0.3 is 0 Å². The van der Waals surface area contributed by atoms with Crippen LogP contribution in [-0.4, -0.2) is 9.97 Å². The highest BCUT2D eigenvalue weighted by atomic mass is 14.9. The van der Waals surface area contributed by atoms with Crippen molar-refractivity contribution >= 4 is 0 Å². The number of aryl methyl sites for hydroxylation is 2. The van der Waals surface area contributed by atoms with Crippen molar-refractivity contribution in [3.63, 3.8) is 0 Å². The van der Waals surface area contributed by atoms with Gasteiger partial charge in [-0.15, -0.1) is 0 Å². The largest absolute Gasteiger partial charge is 0.239 e. The van der Waals surface area contributed by atoms with Gasteiger partial charge in [-0.3, -0.25) is 0 Å². The Hall–Kier alpha value is -0.920. The molecule has 1 aromatic rings. The van der Waals surface area contributed by atoms with Crippen molar-refractivity contribution in [3.8, 4) is 0 Å². The van der Waals surface area contributed by atoms with Gasteiger partial charge in [0, 0.05) is 17.3 Å². The Labute approximate surface area is 80.4 Å². The van der Waals surface area contributed by atoms with Crippen molar-refractivity contribution in [1.29, 1.82) is 0 Å². The molecule has 2 nitrogen and oxygen atoms in total. The average molecular weight is 178 g/mol. The average Bonchev–Trinajstić information content (AvgIpc) is 2.01. The second-order valence-corrected chi connectivity index (χ2v) is 4.01. The molecular weight excluding hydrogens is 160 g/mol. The van der Waals surface area contributed by atoms with Crippen LogP contribution in [0.3, 0.4) is 0 Å². The molecule has 0 bridgehead atoms. The van der Waals surface area contributed by atoms with Crippen LogP contribution in [0, 0.1) is 19.8 Å². The molecule has 72 valence electrons. The summed E-state index contributed by atoms with van der Waals surface area (Å²) in [4.78, 5) is 8.71. The highest BCUT2D eigenvalue weighted by Crippen LogP contribution is 2.21. The molecule has 0 N–H and O–H groups in total. The molecule has 0 amide bonds. The van der Waals surface area contributed by atoms with Gasteiger partial charge < -0.3 is 0 Å². The van der Waals surface area contributed by atoms with Crippen molar-refractivity contribution in [2.24, 2.45) is 5.92 Å². The van der Waals surface area contributed by atoms with Gasteiger partial charge in [0.2, 0.25) is 0 Å². The monoisotopic (exact) mass is 178 g/mol. The molecule has 0 radical (unpaired) electrons. The molecule has 0 aromatic carbocycles. The van der Waals surface area contributed by atoms with Crippen LogP contribution in [-0.2, 0) is 0 Å². The van der Waals surface area contributed by atoms with E-state index in [1.54, 1.807) is 0 Å². The molecule has 1 atom stereocenters. The first-order chi connectivity index (χ1) is 6.00. The third-order valence-corrected chi connectivity index (χ3v) is 2.45. The summed E-state index contributed by atoms with van der Waals surface area (Å²) in [5, 5.41) is 0. The number of hydrogen-bond donors (Lipinski definition) is 0. The highest BCUT2D eigenvalue weighted by molar-refractivity contribution is 5.13. The Kier molecular flexibility index (Phi) is 3.02. The fraction of sp³-hybridized carbons (Fsp3) is 0.636. The lowest BCUT2D eigenvalue weighted by molar-refractivity contribution is 0.521. The second kappa shape index (κ2) is 3.86. The summed E-state index contributed by atoms with van der Waals surface area (Å²) in [5.74, 6) is 2.02. The molecule has 0 saturated carbocycles. The van der Waals surface area contributed by atoms with E-state index in [2.05, 4.69) is 36.8 Å². The molecule has 0 aliphatic heterocycles. The van der Waals surface area contributed by atoms with Crippen LogP contribution in [0.25, 0.3) is 0 Å². The maximum absolute atomic E-state index is 4.44. The first kappa shape index (κ1) is 10.2. The van der Waals surface area contributed by atoms with Gasteiger partial charge in [-0.2, -0.15) is 0 Å². The van der Waals surface area contributed by atoms with E-state index in [0.29, 0.717) is 11.8 Å². The molecule has 0 spiro atoms. The van der Waals surface area contributed by atoms with Gasteiger partial charge in [0.25, 0.3) is 0 Å². The molecule has 13 heavy (non-hydrogen) atoms. The predicted molar refractivity (Wildman–Crippen MR) is 54.8 cm³/mol. The zero-order valence-corrected chi connectivity index (χ0v) is 9.13. The summed E-state index contributed by atoms with van der Waals surface area (Å²) < 4.78 is 0. The summed E-state index contributed by atoms with van der Waals surface area (Å²) >= 11 is 0. The lowest BCUT2D eigenvalue weighted by Gasteiger charge is -2.15. The Morgan fingerprint density at radius 2 is 1.69 bits per heavy atom. The van der Waals surface area contributed by atoms with Crippen molar-refractivity contribution in [3.05, 3.63) is 23.3 Å². The third kappa shape index (κ3) is 2.51. The van der Waals surface area contributed by atoms with Gasteiger partial charge in [-0.1, -0.05) is 20.8 Å². The lowest BCUT2D eigenvalue weighted by atomic mass is 9.94. The number of nitrogens with zero attached hydrogens (tertiary/aromatic N) is 2. The maximum atomic E-state index is 4.44. The van der Waals surface area contributed by atoms with Crippen molar-refractivity contribution in [2.45, 2.75) is 40.5 Å². The SMILES string of the molecule is Cc1cc([C@H](C)C(C)C)nc(C)n1. The van der Waals surface area contributed by atoms with Crippen LogP contribution in [0.2, 0.25) is 0 Å². The fourth-order valence-corrected chi connectivity index (χ4v) is 1.32. The van der Waals surface area contributed by atoms with Gasteiger partial charge in [0.1, 0.15) is 5.82 Å². The minimum Gasteiger partial charge on any atom is -0.239 e. The summed E-state index contributed by atoms with van der Waals surface area (Å²) in [6.45, 7) is 10.6. The summed E-state index contributed by atoms with van der Waals surface area (Å²) in [6, 6.07) is 2.08.